The van der Waals surface area contributed by atoms with E-state index >= 15 is 0 Å². The highest BCUT2D eigenvalue weighted by molar-refractivity contribution is 5.79. The Morgan fingerprint density at radius 3 is 2.90 bits per heavy atom. The fraction of sp³-hybridized carbons (Fsp3) is 0.933. The zero-order chi connectivity index (χ0) is 14.3. The molecular formula is C15H29N3O2. The average Bonchev–Trinajstić information content (AvgIpc) is 3.18. The maximum atomic E-state index is 5.76. The van der Waals surface area contributed by atoms with Crippen LogP contribution in [0.1, 0.15) is 39.0 Å². The summed E-state index contributed by atoms with van der Waals surface area (Å²) >= 11 is 0. The number of hydrogen-bond acceptors (Lipinski definition) is 3. The van der Waals surface area contributed by atoms with Crippen LogP contribution in [-0.4, -0.2) is 51.5 Å². The van der Waals surface area contributed by atoms with E-state index in [0.29, 0.717) is 0 Å². The normalized spacial score (nSPS) is 26.8. The maximum absolute atomic E-state index is 5.76. The molecule has 2 fully saturated rings. The van der Waals surface area contributed by atoms with Crippen LogP contribution in [0.5, 0.6) is 0 Å². The minimum Gasteiger partial charge on any atom is -0.381 e. The topological polar surface area (TPSA) is 54.9 Å². The number of guanidine groups is 1. The van der Waals surface area contributed by atoms with Crippen molar-refractivity contribution < 1.29 is 9.47 Å². The average molecular weight is 283 g/mol. The van der Waals surface area contributed by atoms with Gasteiger partial charge in [-0.25, -0.2) is 0 Å². The van der Waals surface area contributed by atoms with Crippen molar-refractivity contribution in [3.05, 3.63) is 0 Å². The van der Waals surface area contributed by atoms with Crippen LogP contribution in [0.2, 0.25) is 0 Å². The first-order valence-electron chi connectivity index (χ1n) is 7.88. The minimum atomic E-state index is -0.0367. The molecule has 2 rings (SSSR count). The summed E-state index contributed by atoms with van der Waals surface area (Å²) in [5.74, 6) is 1.70. The molecule has 0 bridgehead atoms. The standard InChI is InChI=1S/C15H29N3O2/c1-15(7-3-10-20-15)12-18-14(16-2)17-8-4-9-19-11-13-5-6-13/h13H,3-12H2,1-2H3,(H2,16,17,18). The number of aliphatic imine (C=N–C) groups is 1. The number of nitrogens with zero attached hydrogens (tertiary/aromatic N) is 1. The minimum absolute atomic E-state index is 0.0367. The molecule has 1 aliphatic heterocycles. The lowest BCUT2D eigenvalue weighted by Gasteiger charge is -2.24. The number of hydrogen-bond donors (Lipinski definition) is 2. The van der Waals surface area contributed by atoms with Gasteiger partial charge in [-0.05, 0) is 44.9 Å². The Kier molecular flexibility index (Phi) is 6.10. The summed E-state index contributed by atoms with van der Waals surface area (Å²) in [6.45, 7) is 6.52. The van der Waals surface area contributed by atoms with Gasteiger partial charge in [0.1, 0.15) is 0 Å². The first-order chi connectivity index (χ1) is 9.72. The van der Waals surface area contributed by atoms with E-state index in [1.165, 1.54) is 12.8 Å². The number of ether oxygens (including phenoxy) is 2. The van der Waals surface area contributed by atoms with Gasteiger partial charge < -0.3 is 20.1 Å². The predicted octanol–water partition coefficient (Wildman–Crippen LogP) is 1.54. The zero-order valence-electron chi connectivity index (χ0n) is 12.9. The molecule has 1 saturated carbocycles. The summed E-state index contributed by atoms with van der Waals surface area (Å²) in [6, 6.07) is 0. The molecule has 1 unspecified atom stereocenters. The maximum Gasteiger partial charge on any atom is 0.191 e. The molecule has 2 aliphatic rings. The van der Waals surface area contributed by atoms with E-state index in [4.69, 9.17) is 9.47 Å². The third-order valence-corrected chi connectivity index (χ3v) is 3.96. The lowest BCUT2D eigenvalue weighted by Crippen LogP contribution is -2.45. The number of rotatable bonds is 8. The summed E-state index contributed by atoms with van der Waals surface area (Å²) in [7, 11) is 1.80. The van der Waals surface area contributed by atoms with Crippen LogP contribution < -0.4 is 10.6 Å². The molecule has 116 valence electrons. The van der Waals surface area contributed by atoms with E-state index in [2.05, 4.69) is 22.5 Å². The van der Waals surface area contributed by atoms with Crippen LogP contribution in [0.3, 0.4) is 0 Å². The third kappa shape index (κ3) is 5.67. The first kappa shape index (κ1) is 15.6. The Morgan fingerprint density at radius 2 is 2.25 bits per heavy atom. The Bertz CT molecular complexity index is 310. The highest BCUT2D eigenvalue weighted by Gasteiger charge is 2.29. The van der Waals surface area contributed by atoms with Gasteiger partial charge in [0.15, 0.2) is 5.96 Å². The Balaban J connectivity index is 1.50. The van der Waals surface area contributed by atoms with Gasteiger partial charge in [-0.15, -0.1) is 0 Å². The van der Waals surface area contributed by atoms with Crippen molar-refractivity contribution in [2.24, 2.45) is 10.9 Å². The fourth-order valence-corrected chi connectivity index (χ4v) is 2.38. The van der Waals surface area contributed by atoms with E-state index in [1.54, 1.807) is 7.05 Å². The van der Waals surface area contributed by atoms with Crippen molar-refractivity contribution >= 4 is 5.96 Å². The summed E-state index contributed by atoms with van der Waals surface area (Å²) in [4.78, 5) is 4.23. The smallest absolute Gasteiger partial charge is 0.191 e. The zero-order valence-corrected chi connectivity index (χ0v) is 12.9. The van der Waals surface area contributed by atoms with Gasteiger partial charge >= 0.3 is 0 Å². The largest absolute Gasteiger partial charge is 0.381 e. The van der Waals surface area contributed by atoms with Crippen LogP contribution in [0.15, 0.2) is 4.99 Å². The van der Waals surface area contributed by atoms with Gasteiger partial charge in [0, 0.05) is 40.0 Å². The molecule has 0 spiro atoms. The van der Waals surface area contributed by atoms with Crippen molar-refractivity contribution in [3.8, 4) is 0 Å². The molecule has 1 atom stereocenters. The molecule has 0 radical (unpaired) electrons. The molecule has 2 N–H and O–H groups in total. The van der Waals surface area contributed by atoms with E-state index in [9.17, 15) is 0 Å². The van der Waals surface area contributed by atoms with Crippen molar-refractivity contribution in [1.29, 1.82) is 0 Å². The highest BCUT2D eigenvalue weighted by Crippen LogP contribution is 2.28. The molecular weight excluding hydrogens is 254 g/mol. The Morgan fingerprint density at radius 1 is 1.40 bits per heavy atom. The van der Waals surface area contributed by atoms with E-state index in [-0.39, 0.29) is 5.60 Å². The van der Waals surface area contributed by atoms with Gasteiger partial charge in [-0.1, -0.05) is 0 Å². The van der Waals surface area contributed by atoms with Crippen LogP contribution in [-0.2, 0) is 9.47 Å². The van der Waals surface area contributed by atoms with Gasteiger partial charge in [-0.3, -0.25) is 4.99 Å². The number of nitrogens with one attached hydrogen (secondary N) is 2. The SMILES string of the molecule is CN=C(NCCCOCC1CC1)NCC1(C)CCCO1. The molecule has 1 saturated heterocycles. The Hall–Kier alpha value is -0.810. The second kappa shape index (κ2) is 7.84. The molecule has 0 aromatic carbocycles. The van der Waals surface area contributed by atoms with Gasteiger partial charge in [-0.2, -0.15) is 0 Å². The highest BCUT2D eigenvalue weighted by atomic mass is 16.5. The van der Waals surface area contributed by atoms with Crippen LogP contribution in [0, 0.1) is 5.92 Å². The lowest BCUT2D eigenvalue weighted by atomic mass is 10.0. The molecule has 0 aromatic rings. The monoisotopic (exact) mass is 283 g/mol. The summed E-state index contributed by atoms with van der Waals surface area (Å²) < 4.78 is 11.4. The fourth-order valence-electron chi connectivity index (χ4n) is 2.38. The second-order valence-corrected chi connectivity index (χ2v) is 6.13. The van der Waals surface area contributed by atoms with Crippen molar-refractivity contribution in [2.45, 2.75) is 44.6 Å². The third-order valence-electron chi connectivity index (χ3n) is 3.96. The molecule has 20 heavy (non-hydrogen) atoms. The van der Waals surface area contributed by atoms with Crippen LogP contribution in [0.4, 0.5) is 0 Å². The molecule has 1 aliphatic carbocycles. The van der Waals surface area contributed by atoms with E-state index < -0.39 is 0 Å². The van der Waals surface area contributed by atoms with Gasteiger partial charge in [0.2, 0.25) is 0 Å². The lowest BCUT2D eigenvalue weighted by molar-refractivity contribution is 0.0242. The van der Waals surface area contributed by atoms with Crippen LogP contribution >= 0.6 is 0 Å². The quantitative estimate of drug-likeness (QED) is 0.403. The van der Waals surface area contributed by atoms with Crippen molar-refractivity contribution in [2.75, 3.05) is 40.0 Å². The summed E-state index contributed by atoms with van der Waals surface area (Å²) in [5, 5.41) is 6.66. The van der Waals surface area contributed by atoms with Crippen molar-refractivity contribution in [3.63, 3.8) is 0 Å². The molecule has 0 aromatic heterocycles. The van der Waals surface area contributed by atoms with E-state index in [1.807, 2.05) is 0 Å². The summed E-state index contributed by atoms with van der Waals surface area (Å²) in [6.07, 6.45) is 6.00. The van der Waals surface area contributed by atoms with Crippen LogP contribution in [0.25, 0.3) is 0 Å². The van der Waals surface area contributed by atoms with Gasteiger partial charge in [0.05, 0.1) is 5.60 Å². The molecule has 5 nitrogen and oxygen atoms in total. The predicted molar refractivity (Wildman–Crippen MR) is 81.1 cm³/mol. The van der Waals surface area contributed by atoms with Crippen molar-refractivity contribution in [1.82, 2.24) is 10.6 Å². The van der Waals surface area contributed by atoms with Gasteiger partial charge in [0.25, 0.3) is 0 Å². The van der Waals surface area contributed by atoms with E-state index in [0.717, 1.165) is 64.1 Å². The Labute approximate surface area is 122 Å². The second-order valence-electron chi connectivity index (χ2n) is 6.13. The summed E-state index contributed by atoms with van der Waals surface area (Å²) in [5.41, 5.74) is -0.0367. The molecule has 1 heterocycles. The molecule has 5 heteroatoms. The molecule has 0 amide bonds. The first-order valence-corrected chi connectivity index (χ1v) is 7.88.